The molecule has 33 heavy (non-hydrogen) atoms. The highest BCUT2D eigenvalue weighted by molar-refractivity contribution is 6.37. The van der Waals surface area contributed by atoms with E-state index < -0.39 is 5.97 Å². The van der Waals surface area contributed by atoms with Gasteiger partial charge in [0, 0.05) is 17.8 Å². The lowest BCUT2D eigenvalue weighted by Gasteiger charge is -2.15. The first-order chi connectivity index (χ1) is 16.0. The van der Waals surface area contributed by atoms with Crippen molar-refractivity contribution in [1.29, 1.82) is 5.41 Å². The van der Waals surface area contributed by atoms with Gasteiger partial charge in [-0.2, -0.15) is 0 Å². The number of esters is 1. The van der Waals surface area contributed by atoms with E-state index in [1.807, 2.05) is 54.6 Å². The Morgan fingerprint density at radius 3 is 2.42 bits per heavy atom. The smallest absolute Gasteiger partial charge is 0.337 e. The second-order valence-corrected chi connectivity index (χ2v) is 7.41. The predicted molar refractivity (Wildman–Crippen MR) is 128 cm³/mol. The lowest BCUT2D eigenvalue weighted by Crippen LogP contribution is -2.29. The number of hydrogen-bond donors (Lipinski definition) is 5. The number of methoxy groups -OCH3 is 1. The number of carbonyl (C=O) groups is 2. The van der Waals surface area contributed by atoms with E-state index in [4.69, 9.17) is 15.9 Å². The van der Waals surface area contributed by atoms with E-state index in [1.165, 1.54) is 7.11 Å². The number of amides is 1. The maximum absolute atomic E-state index is 13.0. The number of carbonyl (C=O) groups excluding carboxylic acids is 2. The largest absolute Gasteiger partial charge is 0.465 e. The zero-order valence-electron chi connectivity index (χ0n) is 17.9. The topological polar surface area (TPSA) is 129 Å². The fourth-order valence-electron chi connectivity index (χ4n) is 3.60. The Kier molecular flexibility index (Phi) is 6.08. The summed E-state index contributed by atoms with van der Waals surface area (Å²) in [5, 5.41) is 16.3. The van der Waals surface area contributed by atoms with Crippen LogP contribution < -0.4 is 21.7 Å². The van der Waals surface area contributed by atoms with E-state index in [0.29, 0.717) is 34.6 Å². The Bertz CT molecular complexity index is 1250. The third-order valence-electron chi connectivity index (χ3n) is 5.20. The number of rotatable bonds is 6. The summed E-state index contributed by atoms with van der Waals surface area (Å²) in [6.07, 6.45) is 0. The monoisotopic (exact) mass is 441 g/mol. The first-order valence-electron chi connectivity index (χ1n) is 10.2. The van der Waals surface area contributed by atoms with Crippen molar-refractivity contribution in [3.05, 3.63) is 95.1 Å². The molecule has 8 nitrogen and oxygen atoms in total. The van der Waals surface area contributed by atoms with Crippen LogP contribution in [-0.2, 0) is 16.1 Å². The van der Waals surface area contributed by atoms with E-state index in [1.54, 1.807) is 18.2 Å². The maximum Gasteiger partial charge on any atom is 0.337 e. The van der Waals surface area contributed by atoms with Crippen molar-refractivity contribution in [1.82, 2.24) is 5.32 Å². The third kappa shape index (κ3) is 4.69. The van der Waals surface area contributed by atoms with Crippen molar-refractivity contribution in [3.8, 4) is 0 Å². The van der Waals surface area contributed by atoms with Gasteiger partial charge in [-0.15, -0.1) is 0 Å². The van der Waals surface area contributed by atoms with Crippen LogP contribution in [0.3, 0.4) is 0 Å². The van der Waals surface area contributed by atoms with Gasteiger partial charge in [-0.25, -0.2) is 4.79 Å². The molecule has 0 aromatic heterocycles. The molecule has 0 aliphatic carbocycles. The average Bonchev–Trinajstić information content (AvgIpc) is 3.16. The summed E-state index contributed by atoms with van der Waals surface area (Å²) in [5.74, 6) is -0.819. The first-order valence-corrected chi connectivity index (χ1v) is 10.2. The third-order valence-corrected chi connectivity index (χ3v) is 5.20. The van der Waals surface area contributed by atoms with Gasteiger partial charge in [-0.1, -0.05) is 48.5 Å². The Morgan fingerprint density at radius 2 is 1.76 bits per heavy atom. The van der Waals surface area contributed by atoms with Crippen LogP contribution in [-0.4, -0.2) is 24.9 Å². The molecular weight excluding hydrogens is 418 g/mol. The van der Waals surface area contributed by atoms with Crippen LogP contribution in [0.25, 0.3) is 11.3 Å². The molecular formula is C25H23N5O3. The van der Waals surface area contributed by atoms with E-state index in [-0.39, 0.29) is 11.9 Å². The van der Waals surface area contributed by atoms with Crippen molar-refractivity contribution < 1.29 is 14.3 Å². The zero-order chi connectivity index (χ0) is 23.4. The van der Waals surface area contributed by atoms with Crippen LogP contribution in [0.2, 0.25) is 0 Å². The van der Waals surface area contributed by atoms with Gasteiger partial charge in [0.15, 0.2) is 5.96 Å². The van der Waals surface area contributed by atoms with Crippen LogP contribution in [0.15, 0.2) is 72.8 Å². The minimum atomic E-state index is -0.467. The zero-order valence-corrected chi connectivity index (χ0v) is 17.9. The molecule has 1 aliphatic rings. The second kappa shape index (κ2) is 9.27. The Morgan fingerprint density at radius 1 is 1.03 bits per heavy atom. The number of fused-ring (bicyclic) bond motifs is 1. The van der Waals surface area contributed by atoms with E-state index >= 15 is 0 Å². The van der Waals surface area contributed by atoms with Gasteiger partial charge < -0.3 is 26.4 Å². The van der Waals surface area contributed by atoms with Crippen LogP contribution in [0.5, 0.6) is 0 Å². The lowest BCUT2D eigenvalue weighted by molar-refractivity contribution is -0.110. The molecule has 1 amide bonds. The summed E-state index contributed by atoms with van der Waals surface area (Å²) < 4.78 is 4.79. The number of ether oxygens (including phenoxy) is 1. The van der Waals surface area contributed by atoms with Crippen LogP contribution in [0.1, 0.15) is 27.0 Å². The van der Waals surface area contributed by atoms with Gasteiger partial charge in [-0.3, -0.25) is 10.2 Å². The lowest BCUT2D eigenvalue weighted by atomic mass is 9.99. The van der Waals surface area contributed by atoms with Gasteiger partial charge in [0.25, 0.3) is 5.91 Å². The number of guanidine groups is 1. The SMILES string of the molecule is COC(=O)c1ccc2c(c1)NC(=O)/C2=C(\Nc1ccc(CNC(=N)N)cc1)c1ccccc1. The minimum Gasteiger partial charge on any atom is -0.465 e. The van der Waals surface area contributed by atoms with E-state index in [9.17, 15) is 9.59 Å². The molecule has 0 saturated heterocycles. The standard InChI is InChI=1S/C25H23N5O3/c1-33-24(32)17-9-12-19-20(13-17)30-23(31)21(19)22(16-5-3-2-4-6-16)29-18-10-7-15(8-11-18)14-28-25(26)27/h2-13,29H,14H2,1H3,(H,30,31)(H4,26,27,28)/b22-21-. The Hall–Kier alpha value is -4.59. The highest BCUT2D eigenvalue weighted by atomic mass is 16.5. The van der Waals surface area contributed by atoms with Crippen LogP contribution >= 0.6 is 0 Å². The minimum absolute atomic E-state index is 0.0884. The van der Waals surface area contributed by atoms with E-state index in [2.05, 4.69) is 16.0 Å². The Balaban J connectivity index is 1.74. The van der Waals surface area contributed by atoms with Crippen molar-refractivity contribution in [2.45, 2.75) is 6.54 Å². The van der Waals surface area contributed by atoms with Crippen LogP contribution in [0.4, 0.5) is 11.4 Å². The number of nitrogens with one attached hydrogen (secondary N) is 4. The van der Waals surface area contributed by atoms with Crippen molar-refractivity contribution >= 4 is 40.5 Å². The number of nitrogens with two attached hydrogens (primary N) is 1. The normalized spacial score (nSPS) is 13.5. The van der Waals surface area contributed by atoms with Crippen molar-refractivity contribution in [2.75, 3.05) is 17.7 Å². The molecule has 6 N–H and O–H groups in total. The quantitative estimate of drug-likeness (QED) is 0.173. The summed E-state index contributed by atoms with van der Waals surface area (Å²) in [4.78, 5) is 24.9. The molecule has 4 rings (SSSR count). The molecule has 0 radical (unpaired) electrons. The second-order valence-electron chi connectivity index (χ2n) is 7.41. The molecule has 0 unspecified atom stereocenters. The highest BCUT2D eigenvalue weighted by Gasteiger charge is 2.29. The van der Waals surface area contributed by atoms with E-state index in [0.717, 1.165) is 16.8 Å². The number of anilines is 2. The molecule has 8 heteroatoms. The molecule has 0 atom stereocenters. The van der Waals surface area contributed by atoms with Gasteiger partial charge >= 0.3 is 5.97 Å². The fraction of sp³-hybridized carbons (Fsp3) is 0.0800. The summed E-state index contributed by atoms with van der Waals surface area (Å²) in [6.45, 7) is 0.445. The van der Waals surface area contributed by atoms with Crippen molar-refractivity contribution in [2.24, 2.45) is 5.73 Å². The predicted octanol–water partition coefficient (Wildman–Crippen LogP) is 3.39. The first kappa shape index (κ1) is 21.6. The highest BCUT2D eigenvalue weighted by Crippen LogP contribution is 2.38. The molecule has 0 fully saturated rings. The molecule has 1 aliphatic heterocycles. The number of hydrogen-bond acceptors (Lipinski definition) is 5. The van der Waals surface area contributed by atoms with Gasteiger partial charge in [0.2, 0.25) is 0 Å². The molecule has 0 bridgehead atoms. The molecule has 0 saturated carbocycles. The molecule has 1 heterocycles. The summed E-state index contributed by atoms with van der Waals surface area (Å²) >= 11 is 0. The molecule has 3 aromatic rings. The Labute approximate surface area is 191 Å². The summed E-state index contributed by atoms with van der Waals surface area (Å²) in [6, 6.07) is 22.2. The maximum atomic E-state index is 13.0. The van der Waals surface area contributed by atoms with Gasteiger partial charge in [0.05, 0.1) is 29.6 Å². The van der Waals surface area contributed by atoms with Gasteiger partial charge in [-0.05, 0) is 35.4 Å². The van der Waals surface area contributed by atoms with Crippen molar-refractivity contribution in [3.63, 3.8) is 0 Å². The van der Waals surface area contributed by atoms with Gasteiger partial charge in [0.1, 0.15) is 0 Å². The molecule has 166 valence electrons. The number of benzene rings is 3. The van der Waals surface area contributed by atoms with Crippen LogP contribution in [0, 0.1) is 5.41 Å². The summed E-state index contributed by atoms with van der Waals surface area (Å²) in [5.41, 5.74) is 10.7. The summed E-state index contributed by atoms with van der Waals surface area (Å²) in [7, 11) is 1.32. The fourth-order valence-corrected chi connectivity index (χ4v) is 3.60. The average molecular weight is 441 g/mol. The molecule has 3 aromatic carbocycles. The molecule has 0 spiro atoms.